The Labute approximate surface area is 138 Å². The van der Waals surface area contributed by atoms with Crippen molar-refractivity contribution in [2.75, 3.05) is 16.5 Å². The molecule has 7 heteroatoms. The lowest BCUT2D eigenvalue weighted by atomic mass is 10.3. The minimum atomic E-state index is -0.853. The van der Waals surface area contributed by atoms with Crippen LogP contribution in [-0.4, -0.2) is 28.5 Å². The molecule has 0 saturated carbocycles. The average Bonchev–Trinajstić information content (AvgIpc) is 2.46. The van der Waals surface area contributed by atoms with Crippen LogP contribution in [0, 0.1) is 11.8 Å². The quantitative estimate of drug-likeness (QED) is 0.174. The zero-order valence-corrected chi connectivity index (χ0v) is 13.9. The third-order valence-corrected chi connectivity index (χ3v) is 2.20. The molecule has 21 heavy (non-hydrogen) atoms. The zero-order valence-electron chi connectivity index (χ0n) is 11.7. The van der Waals surface area contributed by atoms with Gasteiger partial charge < -0.3 is 20.4 Å². The normalized spacial score (nSPS) is 10.2. The molecule has 1 aromatic carbocycles. The van der Waals surface area contributed by atoms with Gasteiger partial charge in [0.2, 0.25) is 0 Å². The molecule has 0 fully saturated rings. The van der Waals surface area contributed by atoms with Crippen molar-refractivity contribution in [1.29, 1.82) is 0 Å². The summed E-state index contributed by atoms with van der Waals surface area (Å²) in [6, 6.07) is 8.99. The first-order chi connectivity index (χ1) is 10.1. The predicted octanol–water partition coefficient (Wildman–Crippen LogP) is 2.28. The van der Waals surface area contributed by atoms with E-state index in [2.05, 4.69) is 44.7 Å². The maximum Gasteiger partial charge on any atom is 0.428 e. The Morgan fingerprint density at radius 1 is 1.43 bits per heavy atom. The number of carbonyl (C=O) groups excluding carboxylic acids is 1. The Balaban J connectivity index is 0.000000384. The average molecular weight is 406 g/mol. The van der Waals surface area contributed by atoms with Crippen LogP contribution in [0.3, 0.4) is 0 Å². The summed E-state index contributed by atoms with van der Waals surface area (Å²) in [4.78, 5) is 14.4. The van der Waals surface area contributed by atoms with Crippen LogP contribution in [0.15, 0.2) is 30.3 Å². The Morgan fingerprint density at radius 2 is 2.10 bits per heavy atom. The molecule has 6 nitrogen and oxygen atoms in total. The van der Waals surface area contributed by atoms with Crippen LogP contribution in [0.1, 0.15) is 13.3 Å². The highest BCUT2D eigenvalue weighted by Gasteiger charge is 1.92. The van der Waals surface area contributed by atoms with Gasteiger partial charge in [-0.1, -0.05) is 46.7 Å². The monoisotopic (exact) mass is 406 g/mol. The summed E-state index contributed by atoms with van der Waals surface area (Å²) in [5.74, 6) is 5.79. The number of primary amides is 1. The van der Waals surface area contributed by atoms with E-state index < -0.39 is 12.4 Å². The summed E-state index contributed by atoms with van der Waals surface area (Å²) in [5.41, 5.74) is 7.77. The highest BCUT2D eigenvalue weighted by Crippen LogP contribution is 2.03. The molecule has 0 aliphatic rings. The number of nitrogens with two attached hydrogens (primary N) is 1. The van der Waals surface area contributed by atoms with Gasteiger partial charge in [-0.3, -0.25) is 0 Å². The first kappa shape index (κ1) is 19.5. The molecule has 0 radical (unpaired) electrons. The van der Waals surface area contributed by atoms with Crippen LogP contribution in [-0.2, 0) is 9.57 Å². The van der Waals surface area contributed by atoms with Crippen LogP contribution in [0.25, 0.3) is 0 Å². The molecule has 1 unspecified atom stereocenters. The van der Waals surface area contributed by atoms with Gasteiger partial charge >= 0.3 is 6.09 Å². The number of benzene rings is 1. The number of hydrogen-bond donors (Lipinski definition) is 3. The summed E-state index contributed by atoms with van der Waals surface area (Å²) in [7, 11) is 0. The summed E-state index contributed by atoms with van der Waals surface area (Å²) in [6.07, 6.45) is -0.816. The van der Waals surface area contributed by atoms with Gasteiger partial charge in [-0.25, -0.2) is 10.3 Å². The Bertz CT molecular complexity index is 443. The number of ether oxygens (including phenoxy) is 1. The fraction of sp³-hybridized carbons (Fsp3) is 0.357. The number of para-hydroxylation sites is 1. The summed E-state index contributed by atoms with van der Waals surface area (Å²) < 4.78 is 5.69. The van der Waals surface area contributed by atoms with E-state index in [-0.39, 0.29) is 0 Å². The predicted molar refractivity (Wildman–Crippen MR) is 89.6 cm³/mol. The third-order valence-electron chi connectivity index (χ3n) is 1.82. The van der Waals surface area contributed by atoms with Crippen LogP contribution >= 0.6 is 22.6 Å². The van der Waals surface area contributed by atoms with Gasteiger partial charge in [0.1, 0.15) is 0 Å². The minimum Gasteiger partial charge on any atom is -0.368 e. The van der Waals surface area contributed by atoms with Gasteiger partial charge in [0.05, 0.1) is 16.7 Å². The summed E-state index contributed by atoms with van der Waals surface area (Å²) >= 11 is 2.19. The molecule has 1 rings (SSSR count). The molecular weight excluding hydrogens is 387 g/mol. The maximum absolute atomic E-state index is 10.1. The minimum absolute atomic E-state index is 0.515. The van der Waals surface area contributed by atoms with Crippen molar-refractivity contribution in [3.8, 4) is 11.8 Å². The first-order valence-electron chi connectivity index (χ1n) is 6.15. The largest absolute Gasteiger partial charge is 0.428 e. The number of aliphatic hydroxyl groups excluding tert-OH is 1. The number of anilines is 1. The van der Waals surface area contributed by atoms with E-state index in [1.165, 1.54) is 0 Å². The van der Waals surface area contributed by atoms with E-state index in [0.29, 0.717) is 18.7 Å². The summed E-state index contributed by atoms with van der Waals surface area (Å²) in [5, 5.41) is 8.64. The molecule has 0 saturated heterocycles. The molecule has 116 valence electrons. The highest BCUT2D eigenvalue weighted by molar-refractivity contribution is 14.1. The molecule has 1 aromatic rings. The SMILES string of the molecule is CC(O)OCCC#CCI.NC(=O)ONc1ccccc1. The van der Waals surface area contributed by atoms with Gasteiger partial charge in [-0.15, -0.1) is 5.92 Å². The lowest BCUT2D eigenvalue weighted by Crippen LogP contribution is -2.16. The molecule has 0 bridgehead atoms. The smallest absolute Gasteiger partial charge is 0.368 e. The Morgan fingerprint density at radius 3 is 2.62 bits per heavy atom. The molecule has 0 aliphatic carbocycles. The molecule has 0 aliphatic heterocycles. The number of nitrogens with one attached hydrogen (secondary N) is 1. The Hall–Kier alpha value is -1.50. The molecule has 0 heterocycles. The van der Waals surface area contributed by atoms with Crippen LogP contribution in [0.4, 0.5) is 10.5 Å². The van der Waals surface area contributed by atoms with Gasteiger partial charge in [-0.2, -0.15) is 0 Å². The highest BCUT2D eigenvalue weighted by atomic mass is 127. The van der Waals surface area contributed by atoms with Crippen molar-refractivity contribution in [1.82, 2.24) is 0 Å². The van der Waals surface area contributed by atoms with E-state index in [4.69, 9.17) is 15.6 Å². The third kappa shape index (κ3) is 14.7. The number of alkyl halides is 1. The lowest BCUT2D eigenvalue weighted by molar-refractivity contribution is -0.0829. The second-order valence-corrected chi connectivity index (χ2v) is 4.36. The summed E-state index contributed by atoms with van der Waals surface area (Å²) in [6.45, 7) is 2.10. The maximum atomic E-state index is 10.1. The van der Waals surface area contributed by atoms with Crippen LogP contribution in [0.5, 0.6) is 0 Å². The first-order valence-corrected chi connectivity index (χ1v) is 7.67. The number of rotatable bonds is 5. The van der Waals surface area contributed by atoms with E-state index >= 15 is 0 Å². The van der Waals surface area contributed by atoms with E-state index in [0.717, 1.165) is 4.43 Å². The Kier molecular flexibility index (Phi) is 12.5. The fourth-order valence-corrected chi connectivity index (χ4v) is 1.30. The van der Waals surface area contributed by atoms with E-state index in [1.54, 1.807) is 19.1 Å². The van der Waals surface area contributed by atoms with Crippen molar-refractivity contribution in [3.63, 3.8) is 0 Å². The molecular formula is C14H19IN2O4. The number of aliphatic hydroxyl groups is 1. The number of halogens is 1. The van der Waals surface area contributed by atoms with E-state index in [1.807, 2.05) is 18.2 Å². The van der Waals surface area contributed by atoms with Crippen LogP contribution in [0.2, 0.25) is 0 Å². The second kappa shape index (κ2) is 13.5. The lowest BCUT2D eigenvalue weighted by Gasteiger charge is -2.02. The molecule has 1 amide bonds. The number of hydrogen-bond acceptors (Lipinski definition) is 5. The van der Waals surface area contributed by atoms with Crippen molar-refractivity contribution in [2.24, 2.45) is 5.73 Å². The number of carbonyl (C=O) groups is 1. The van der Waals surface area contributed by atoms with E-state index in [9.17, 15) is 4.79 Å². The van der Waals surface area contributed by atoms with Crippen molar-refractivity contribution < 1.29 is 19.5 Å². The standard InChI is InChI=1S/C7H11IO2.C7H8N2O2/c1-7(9)10-6-4-2-3-5-8;8-7(10)11-9-6-4-2-1-3-5-6/h7,9H,4-6H2,1H3;1-5,9H,(H2,8,10). The van der Waals surface area contributed by atoms with Gasteiger partial charge in [0.25, 0.3) is 0 Å². The molecule has 0 aromatic heterocycles. The molecule has 1 atom stereocenters. The topological polar surface area (TPSA) is 93.8 Å². The van der Waals surface area contributed by atoms with Crippen molar-refractivity contribution in [3.05, 3.63) is 30.3 Å². The second-order valence-electron chi connectivity index (χ2n) is 3.60. The van der Waals surface area contributed by atoms with Gasteiger partial charge in [-0.05, 0) is 19.1 Å². The van der Waals surface area contributed by atoms with Gasteiger partial charge in [0, 0.05) is 6.42 Å². The van der Waals surface area contributed by atoms with Gasteiger partial charge in [0.15, 0.2) is 6.29 Å². The van der Waals surface area contributed by atoms with Crippen molar-refractivity contribution >= 4 is 34.4 Å². The molecule has 0 spiro atoms. The number of amides is 1. The van der Waals surface area contributed by atoms with Crippen LogP contribution < -0.4 is 11.2 Å². The zero-order chi connectivity index (χ0) is 15.9. The molecule has 4 N–H and O–H groups in total. The fourth-order valence-electron chi connectivity index (χ4n) is 1.03. The van der Waals surface area contributed by atoms with Crippen molar-refractivity contribution in [2.45, 2.75) is 19.6 Å².